The van der Waals surface area contributed by atoms with Crippen molar-refractivity contribution >= 4 is 38.5 Å². The van der Waals surface area contributed by atoms with Crippen LogP contribution in [0.15, 0.2) is 212 Å². The summed E-state index contributed by atoms with van der Waals surface area (Å²) >= 11 is 0. The molecule has 0 amide bonds. The van der Waals surface area contributed by atoms with Gasteiger partial charge in [0.1, 0.15) is 11.5 Å². The molecule has 0 bridgehead atoms. The van der Waals surface area contributed by atoms with Crippen molar-refractivity contribution in [2.75, 3.05) is 4.90 Å². The molecule has 0 radical (unpaired) electrons. The molecule has 12 rings (SSSR count). The summed E-state index contributed by atoms with van der Waals surface area (Å²) in [7, 11) is 0. The molecule has 3 aliphatic rings. The Morgan fingerprint density at radius 1 is 0.492 bits per heavy atom. The normalized spacial score (nSPS) is 17.9. The van der Waals surface area contributed by atoms with Gasteiger partial charge in [0.2, 0.25) is 0 Å². The third-order valence-electron chi connectivity index (χ3n) is 14.1. The summed E-state index contributed by atoms with van der Waals surface area (Å²) < 4.78 is 6.91. The van der Waals surface area contributed by atoms with Gasteiger partial charge < -0.3 is 9.64 Å². The number of allylic oxidation sites excluding steroid dienone is 2. The Labute approximate surface area is 370 Å². The topological polar surface area (TPSA) is 12.5 Å². The van der Waals surface area contributed by atoms with E-state index in [0.29, 0.717) is 0 Å². The third-order valence-corrected chi connectivity index (χ3v) is 14.1. The van der Waals surface area contributed by atoms with Crippen LogP contribution in [0.5, 0.6) is 11.5 Å². The van der Waals surface area contributed by atoms with Gasteiger partial charge >= 0.3 is 0 Å². The van der Waals surface area contributed by atoms with E-state index >= 15 is 0 Å². The molecule has 0 fully saturated rings. The van der Waals surface area contributed by atoms with Crippen molar-refractivity contribution in [2.24, 2.45) is 0 Å². The first-order chi connectivity index (χ1) is 30.9. The molecule has 0 N–H and O–H groups in total. The maximum absolute atomic E-state index is 6.91. The lowest BCUT2D eigenvalue weighted by Crippen LogP contribution is -2.34. The minimum absolute atomic E-state index is 0.112. The van der Waals surface area contributed by atoms with E-state index in [1.807, 2.05) is 0 Å². The molecule has 9 aromatic carbocycles. The van der Waals surface area contributed by atoms with E-state index in [0.717, 1.165) is 34.7 Å². The molecule has 2 aliphatic carbocycles. The van der Waals surface area contributed by atoms with E-state index in [4.69, 9.17) is 4.74 Å². The first-order valence-electron chi connectivity index (χ1n) is 22.3. The molecular formula is C61H47NO. The van der Waals surface area contributed by atoms with Gasteiger partial charge in [-0.05, 0) is 128 Å². The van der Waals surface area contributed by atoms with Crippen LogP contribution >= 0.6 is 0 Å². The van der Waals surface area contributed by atoms with E-state index in [1.54, 1.807) is 0 Å². The highest BCUT2D eigenvalue weighted by Crippen LogP contribution is 2.57. The van der Waals surface area contributed by atoms with Crippen LogP contribution in [0, 0.1) is 6.92 Å². The molecule has 2 atom stereocenters. The molecule has 2 heteroatoms. The highest BCUT2D eigenvalue weighted by atomic mass is 16.5. The minimum atomic E-state index is -0.669. The first kappa shape index (κ1) is 37.4. The molecular weight excluding hydrogens is 763 g/mol. The van der Waals surface area contributed by atoms with Crippen LogP contribution in [0.4, 0.5) is 11.4 Å². The smallest absolute Gasteiger partial charge is 0.132 e. The Kier molecular flexibility index (Phi) is 8.49. The Balaban J connectivity index is 1.05. The highest BCUT2D eigenvalue weighted by molar-refractivity contribution is 5.90. The van der Waals surface area contributed by atoms with E-state index < -0.39 is 5.41 Å². The van der Waals surface area contributed by atoms with Crippen LogP contribution in [0.25, 0.3) is 38.2 Å². The number of nitrogens with zero attached hydrogens (tertiary/aromatic N) is 1. The van der Waals surface area contributed by atoms with E-state index in [1.165, 1.54) is 77.3 Å². The van der Waals surface area contributed by atoms with Gasteiger partial charge in [0.15, 0.2) is 0 Å². The van der Waals surface area contributed by atoms with Gasteiger partial charge in [0.25, 0.3) is 0 Å². The molecule has 1 heterocycles. The number of hydrogen-bond donors (Lipinski definition) is 0. The SMILES string of the molecule is Cc1ccc2cc3c(cc2c1)Oc1ccccc1C3(c1ccc(N(c2ccc3c(c2)C(C)(C)c2ccccc2-3)C2C=CC(c3ccccc3)=CC2)cc1)c1ccc2ccccc2c1. The van der Waals surface area contributed by atoms with Crippen LogP contribution in [-0.2, 0) is 10.8 Å². The molecule has 0 saturated carbocycles. The maximum Gasteiger partial charge on any atom is 0.132 e. The second-order valence-electron chi connectivity index (χ2n) is 18.1. The Bertz CT molecular complexity index is 3340. The van der Waals surface area contributed by atoms with Crippen molar-refractivity contribution < 1.29 is 4.74 Å². The predicted octanol–water partition coefficient (Wildman–Crippen LogP) is 15.6. The third kappa shape index (κ3) is 5.85. The zero-order chi connectivity index (χ0) is 42.3. The Hall–Kier alpha value is -7.42. The van der Waals surface area contributed by atoms with Crippen LogP contribution in [-0.4, -0.2) is 6.04 Å². The number of para-hydroxylation sites is 1. The first-order valence-corrected chi connectivity index (χ1v) is 22.3. The van der Waals surface area contributed by atoms with Gasteiger partial charge in [0, 0.05) is 27.9 Å². The number of fused-ring (bicyclic) bond motifs is 7. The van der Waals surface area contributed by atoms with Gasteiger partial charge in [-0.2, -0.15) is 0 Å². The monoisotopic (exact) mass is 809 g/mol. The van der Waals surface area contributed by atoms with Crippen molar-refractivity contribution in [3.05, 3.63) is 257 Å². The summed E-state index contributed by atoms with van der Waals surface area (Å²) in [6.07, 6.45) is 8.01. The van der Waals surface area contributed by atoms with Crippen molar-refractivity contribution in [1.29, 1.82) is 0 Å². The fourth-order valence-corrected chi connectivity index (χ4v) is 11.0. The zero-order valence-corrected chi connectivity index (χ0v) is 35.8. The predicted molar refractivity (Wildman–Crippen MR) is 263 cm³/mol. The van der Waals surface area contributed by atoms with Crippen LogP contribution in [0.3, 0.4) is 0 Å². The quantitative estimate of drug-likeness (QED) is 0.166. The van der Waals surface area contributed by atoms with Crippen molar-refractivity contribution in [3.63, 3.8) is 0 Å². The number of benzene rings is 9. The van der Waals surface area contributed by atoms with Crippen LogP contribution in [0.2, 0.25) is 0 Å². The van der Waals surface area contributed by atoms with E-state index in [9.17, 15) is 0 Å². The summed E-state index contributed by atoms with van der Waals surface area (Å²) in [5.41, 5.74) is 15.4. The lowest BCUT2D eigenvalue weighted by atomic mass is 9.63. The lowest BCUT2D eigenvalue weighted by Gasteiger charge is -2.42. The largest absolute Gasteiger partial charge is 0.457 e. The maximum atomic E-state index is 6.91. The fraction of sp³-hybridized carbons (Fsp3) is 0.115. The van der Waals surface area contributed by atoms with Crippen molar-refractivity contribution in [2.45, 2.75) is 44.1 Å². The summed E-state index contributed by atoms with van der Waals surface area (Å²) in [5.74, 6) is 1.77. The van der Waals surface area contributed by atoms with Gasteiger partial charge in [-0.1, -0.05) is 183 Å². The minimum Gasteiger partial charge on any atom is -0.457 e. The van der Waals surface area contributed by atoms with E-state index in [2.05, 4.69) is 238 Å². The number of ether oxygens (including phenoxy) is 1. The molecule has 63 heavy (non-hydrogen) atoms. The summed E-state index contributed by atoms with van der Waals surface area (Å²) in [6.45, 7) is 6.90. The van der Waals surface area contributed by atoms with Gasteiger partial charge in [-0.15, -0.1) is 0 Å². The number of anilines is 2. The molecule has 2 nitrogen and oxygen atoms in total. The second-order valence-corrected chi connectivity index (χ2v) is 18.1. The number of aryl methyl sites for hydroxylation is 1. The van der Waals surface area contributed by atoms with Crippen LogP contribution < -0.4 is 9.64 Å². The standard InChI is InChI=1S/C61H47NO/c1-40-21-22-45-37-57-59(38-46(45)35-40)63-58-20-12-11-19-55(58)61(57,48-26-23-42-15-7-8-16-44(42)36-48)47-27-31-50(32-28-47)62(49-29-24-43(25-30-49)41-13-5-4-6-14-41)51-33-34-53-52-17-9-10-18-54(52)60(2,3)56(53)39-51/h4-29,31-39,49H,30H2,1-3H3. The molecule has 0 spiro atoms. The highest BCUT2D eigenvalue weighted by Gasteiger charge is 2.46. The summed E-state index contributed by atoms with van der Waals surface area (Å²) in [6, 6.07) is 72.1. The van der Waals surface area contributed by atoms with Gasteiger partial charge in [0.05, 0.1) is 11.5 Å². The van der Waals surface area contributed by atoms with E-state index in [-0.39, 0.29) is 11.5 Å². The number of rotatable bonds is 6. The Morgan fingerprint density at radius 3 is 2.00 bits per heavy atom. The number of hydrogen-bond acceptors (Lipinski definition) is 2. The summed E-state index contributed by atoms with van der Waals surface area (Å²) in [5, 5.41) is 4.82. The zero-order valence-electron chi connectivity index (χ0n) is 35.8. The summed E-state index contributed by atoms with van der Waals surface area (Å²) in [4.78, 5) is 2.56. The Morgan fingerprint density at radius 2 is 1.17 bits per heavy atom. The average Bonchev–Trinajstić information content (AvgIpc) is 3.56. The van der Waals surface area contributed by atoms with Crippen molar-refractivity contribution in [3.8, 4) is 22.6 Å². The molecule has 1 aliphatic heterocycles. The lowest BCUT2D eigenvalue weighted by molar-refractivity contribution is 0.435. The molecule has 0 aromatic heterocycles. The van der Waals surface area contributed by atoms with Gasteiger partial charge in [-0.25, -0.2) is 0 Å². The fourth-order valence-electron chi connectivity index (χ4n) is 11.0. The van der Waals surface area contributed by atoms with Crippen molar-refractivity contribution in [1.82, 2.24) is 0 Å². The second kappa shape index (κ2) is 14.3. The average molecular weight is 810 g/mol. The van der Waals surface area contributed by atoms with Crippen LogP contribution in [0.1, 0.15) is 64.8 Å². The van der Waals surface area contributed by atoms with Gasteiger partial charge in [-0.3, -0.25) is 0 Å². The molecule has 9 aromatic rings. The molecule has 2 unspecified atom stereocenters. The molecule has 302 valence electrons. The molecule has 0 saturated heterocycles.